The Morgan fingerprint density at radius 3 is 1.04 bits per heavy atom. The molecule has 0 aliphatic heterocycles. The Morgan fingerprint density at radius 2 is 0.527 bits per heavy atom. The van der Waals surface area contributed by atoms with E-state index in [9.17, 15) is 0 Å². The van der Waals surface area contributed by atoms with E-state index in [1.165, 1.54) is 100 Å². The van der Waals surface area contributed by atoms with Gasteiger partial charge >= 0.3 is 0 Å². The van der Waals surface area contributed by atoms with Crippen LogP contribution in [0.25, 0.3) is 89.0 Å². The van der Waals surface area contributed by atoms with Gasteiger partial charge in [0.1, 0.15) is 0 Å². The van der Waals surface area contributed by atoms with Crippen LogP contribution < -0.4 is 4.90 Å². The molecule has 1 nitrogen and oxygen atoms in total. The minimum absolute atomic E-state index is 0.431. The normalized spacial score (nSPS) is 12.4. The van der Waals surface area contributed by atoms with Gasteiger partial charge in [0.25, 0.3) is 0 Å². The summed E-state index contributed by atoms with van der Waals surface area (Å²) < 4.78 is 0. The highest BCUT2D eigenvalue weighted by atomic mass is 15.1. The molecule has 0 saturated heterocycles. The molecule has 346 valence electrons. The third-order valence-electron chi connectivity index (χ3n) is 15.5. The van der Waals surface area contributed by atoms with Crippen molar-refractivity contribution in [1.29, 1.82) is 0 Å². The molecule has 12 aromatic rings. The average Bonchev–Trinajstić information content (AvgIpc) is 4.10. The topological polar surface area (TPSA) is 3.24 Å². The number of anilines is 3. The van der Waals surface area contributed by atoms with Crippen molar-refractivity contribution in [1.82, 2.24) is 0 Å². The van der Waals surface area contributed by atoms with E-state index in [0.29, 0.717) is 0 Å². The minimum Gasteiger partial charge on any atom is -0.310 e. The van der Waals surface area contributed by atoms with Gasteiger partial charge in [-0.25, -0.2) is 0 Å². The molecule has 0 amide bonds. The highest BCUT2D eigenvalue weighted by Crippen LogP contribution is 2.63. The van der Waals surface area contributed by atoms with Crippen molar-refractivity contribution in [2.24, 2.45) is 0 Å². The number of hydrogen-bond donors (Lipinski definition) is 0. The number of nitrogens with zero attached hydrogens (tertiary/aromatic N) is 1. The van der Waals surface area contributed by atoms with E-state index in [-0.39, 0.29) is 0 Å². The van der Waals surface area contributed by atoms with Gasteiger partial charge in [0.2, 0.25) is 0 Å². The summed E-state index contributed by atoms with van der Waals surface area (Å²) in [6.45, 7) is 0. The maximum atomic E-state index is 2.49. The Labute approximate surface area is 433 Å². The number of para-hydroxylation sites is 1. The zero-order valence-electron chi connectivity index (χ0n) is 40.7. The summed E-state index contributed by atoms with van der Waals surface area (Å²) in [5.74, 6) is 0. The number of hydrogen-bond acceptors (Lipinski definition) is 1. The molecule has 2 aliphatic rings. The zero-order chi connectivity index (χ0) is 49.0. The second kappa shape index (κ2) is 17.9. The molecule has 0 unspecified atom stereocenters. The molecular formula is C73H49N. The lowest BCUT2D eigenvalue weighted by Crippen LogP contribution is -2.25. The van der Waals surface area contributed by atoms with Crippen molar-refractivity contribution in [3.8, 4) is 89.0 Å². The fourth-order valence-corrected chi connectivity index (χ4v) is 12.3. The summed E-state index contributed by atoms with van der Waals surface area (Å²) in [4.78, 5) is 2.49. The first-order chi connectivity index (χ1) is 36.7. The summed E-state index contributed by atoms with van der Waals surface area (Å²) in [6.07, 6.45) is 0. The van der Waals surface area contributed by atoms with Crippen LogP contribution in [0.15, 0.2) is 297 Å². The van der Waals surface area contributed by atoms with Gasteiger partial charge < -0.3 is 4.90 Å². The first-order valence-electron chi connectivity index (χ1n) is 25.7. The second-order valence-corrected chi connectivity index (χ2v) is 19.5. The first kappa shape index (κ1) is 43.2. The van der Waals surface area contributed by atoms with Crippen LogP contribution in [0.5, 0.6) is 0 Å². The predicted octanol–water partition coefficient (Wildman–Crippen LogP) is 19.5. The monoisotopic (exact) mass is 939 g/mol. The lowest BCUT2D eigenvalue weighted by atomic mass is 9.70. The second-order valence-electron chi connectivity index (χ2n) is 19.5. The summed E-state index contributed by atoms with van der Waals surface area (Å²) in [5.41, 5.74) is 27.5. The molecule has 14 rings (SSSR count). The molecule has 1 spiro atoms. The first-order valence-corrected chi connectivity index (χ1v) is 25.7. The molecule has 0 radical (unpaired) electrons. The van der Waals surface area contributed by atoms with E-state index < -0.39 is 5.41 Å². The Morgan fingerprint density at radius 1 is 0.189 bits per heavy atom. The molecule has 2 aliphatic carbocycles. The third-order valence-corrected chi connectivity index (χ3v) is 15.5. The Bertz CT molecular complexity index is 3960. The summed E-state index contributed by atoms with van der Waals surface area (Å²) in [6, 6.07) is 110. The molecule has 0 atom stereocenters. The van der Waals surface area contributed by atoms with E-state index in [1.807, 2.05) is 0 Å². The van der Waals surface area contributed by atoms with Crippen molar-refractivity contribution in [2.75, 3.05) is 4.90 Å². The van der Waals surface area contributed by atoms with Crippen LogP contribution in [0.3, 0.4) is 0 Å². The van der Waals surface area contributed by atoms with Crippen LogP contribution in [-0.2, 0) is 5.41 Å². The smallest absolute Gasteiger partial charge is 0.0725 e. The van der Waals surface area contributed by atoms with Crippen LogP contribution in [0, 0.1) is 0 Å². The van der Waals surface area contributed by atoms with Crippen molar-refractivity contribution in [3.05, 3.63) is 320 Å². The van der Waals surface area contributed by atoms with Crippen molar-refractivity contribution in [3.63, 3.8) is 0 Å². The Balaban J connectivity index is 0.970. The number of fused-ring (bicyclic) bond motifs is 10. The van der Waals surface area contributed by atoms with Crippen molar-refractivity contribution < 1.29 is 0 Å². The van der Waals surface area contributed by atoms with E-state index in [0.717, 1.165) is 28.2 Å². The molecule has 0 fully saturated rings. The van der Waals surface area contributed by atoms with Gasteiger partial charge in [-0.2, -0.15) is 0 Å². The molecule has 74 heavy (non-hydrogen) atoms. The standard InChI is InChI=1S/C73H49N/c1-4-22-50(23-5-1)54-46-55(51-24-6-2-7-25-51)48-56(47-54)52-40-42-57(43-41-52)74(72-39-21-17-35-66(72)62-31-13-12-30-61(62)60-29-11-10-28-59(60)53-26-8-3-9-27-53)58-44-45-71-67(49-58)65-34-16-20-38-70(65)73(71)68-36-18-14-32-63(68)64-33-15-19-37-69(64)73/h1-49H. The highest BCUT2D eigenvalue weighted by Gasteiger charge is 2.51. The largest absolute Gasteiger partial charge is 0.310 e. The fraction of sp³-hybridized carbons (Fsp3) is 0.0137. The maximum Gasteiger partial charge on any atom is 0.0725 e. The number of rotatable bonds is 9. The van der Waals surface area contributed by atoms with Crippen LogP contribution >= 0.6 is 0 Å². The van der Waals surface area contributed by atoms with Gasteiger partial charge in [-0.15, -0.1) is 0 Å². The van der Waals surface area contributed by atoms with E-state index in [4.69, 9.17) is 0 Å². The van der Waals surface area contributed by atoms with Gasteiger partial charge in [0.15, 0.2) is 0 Å². The molecule has 0 saturated carbocycles. The van der Waals surface area contributed by atoms with Crippen molar-refractivity contribution >= 4 is 17.1 Å². The average molecular weight is 940 g/mol. The Hall–Kier alpha value is -9.56. The molecule has 0 N–H and O–H groups in total. The molecule has 0 heterocycles. The van der Waals surface area contributed by atoms with Crippen LogP contribution in [0.2, 0.25) is 0 Å². The third kappa shape index (κ3) is 7.00. The summed E-state index contributed by atoms with van der Waals surface area (Å²) in [7, 11) is 0. The maximum absolute atomic E-state index is 2.49. The van der Waals surface area contributed by atoms with Crippen molar-refractivity contribution in [2.45, 2.75) is 5.41 Å². The summed E-state index contributed by atoms with van der Waals surface area (Å²) >= 11 is 0. The molecular weight excluding hydrogens is 891 g/mol. The van der Waals surface area contributed by atoms with Gasteiger partial charge in [0.05, 0.1) is 11.1 Å². The van der Waals surface area contributed by atoms with Crippen LogP contribution in [0.4, 0.5) is 17.1 Å². The van der Waals surface area contributed by atoms with Gasteiger partial charge in [0, 0.05) is 16.9 Å². The van der Waals surface area contributed by atoms with E-state index >= 15 is 0 Å². The zero-order valence-corrected chi connectivity index (χ0v) is 40.7. The van der Waals surface area contributed by atoms with E-state index in [2.05, 4.69) is 302 Å². The van der Waals surface area contributed by atoms with Crippen LogP contribution in [0.1, 0.15) is 22.3 Å². The Kier molecular flexibility index (Phi) is 10.5. The minimum atomic E-state index is -0.431. The predicted molar refractivity (Wildman–Crippen MR) is 310 cm³/mol. The lowest BCUT2D eigenvalue weighted by molar-refractivity contribution is 0.794. The summed E-state index contributed by atoms with van der Waals surface area (Å²) in [5, 5.41) is 0. The molecule has 0 aromatic heterocycles. The lowest BCUT2D eigenvalue weighted by Gasteiger charge is -2.32. The molecule has 12 aromatic carbocycles. The number of benzene rings is 12. The molecule has 1 heteroatoms. The fourth-order valence-electron chi connectivity index (χ4n) is 12.3. The van der Waals surface area contributed by atoms with Gasteiger partial charge in [-0.1, -0.05) is 249 Å². The van der Waals surface area contributed by atoms with Gasteiger partial charge in [-0.3, -0.25) is 0 Å². The SMILES string of the molecule is c1ccc(-c2cc(-c3ccccc3)cc(-c3ccc(N(c4ccc5c(c4)-c4ccccc4C54c5ccccc5-c5ccccc54)c4ccccc4-c4ccccc4-c4ccccc4-c4ccccc4)cc3)c2)cc1. The molecule has 0 bridgehead atoms. The highest BCUT2D eigenvalue weighted by molar-refractivity contribution is 6.00. The van der Waals surface area contributed by atoms with Gasteiger partial charge in [-0.05, 0) is 154 Å². The van der Waals surface area contributed by atoms with E-state index in [1.54, 1.807) is 0 Å². The quantitative estimate of drug-likeness (QED) is 0.139. The van der Waals surface area contributed by atoms with Crippen LogP contribution in [-0.4, -0.2) is 0 Å².